The number of piperazine rings is 1. The highest BCUT2D eigenvalue weighted by molar-refractivity contribution is 6.05. The molecule has 0 spiro atoms. The minimum absolute atomic E-state index is 0.0730. The Hall–Kier alpha value is -5.57. The van der Waals surface area contributed by atoms with Gasteiger partial charge in [0.25, 0.3) is 11.8 Å². The summed E-state index contributed by atoms with van der Waals surface area (Å²) in [5.41, 5.74) is 11.4. The van der Waals surface area contributed by atoms with Crippen molar-refractivity contribution in [2.45, 2.75) is 63.6 Å². The summed E-state index contributed by atoms with van der Waals surface area (Å²) in [5, 5.41) is 2.38. The molecule has 0 radical (unpaired) electrons. The highest BCUT2D eigenvalue weighted by Crippen LogP contribution is 2.31. The monoisotopic (exact) mass is 762 g/mol. The van der Waals surface area contributed by atoms with Crippen LogP contribution in [-0.4, -0.2) is 137 Å². The molecule has 15 heteroatoms. The topological polar surface area (TPSA) is 169 Å². The number of imide groups is 1. The number of piperidine rings is 2. The first-order valence-corrected chi connectivity index (χ1v) is 19.9. The van der Waals surface area contributed by atoms with Crippen LogP contribution in [0.3, 0.4) is 0 Å². The molecule has 4 saturated heterocycles. The summed E-state index contributed by atoms with van der Waals surface area (Å²) < 4.78 is 0. The third kappa shape index (κ3) is 7.64. The molecule has 56 heavy (non-hydrogen) atoms. The first-order valence-electron chi connectivity index (χ1n) is 19.9. The second kappa shape index (κ2) is 15.9. The van der Waals surface area contributed by atoms with Gasteiger partial charge in [-0.05, 0) is 73.5 Å². The van der Waals surface area contributed by atoms with Gasteiger partial charge in [-0.15, -0.1) is 0 Å². The first kappa shape index (κ1) is 37.4. The SMILES string of the molecule is CN1CCN([C@@H]2CCCN(c3cnc(C(N)=O)c(Cc4ccc(N5CCN(CCCc6cccc7c6CN(C6CCC(=O)NC6=O)C7=O)CC5)cc4)n3)C2)C1=O. The minimum Gasteiger partial charge on any atom is -0.369 e. The number of rotatable bonds is 11. The van der Waals surface area contributed by atoms with Gasteiger partial charge in [0.15, 0.2) is 0 Å². The van der Waals surface area contributed by atoms with Crippen molar-refractivity contribution < 1.29 is 24.0 Å². The van der Waals surface area contributed by atoms with Crippen LogP contribution in [0, 0.1) is 0 Å². The lowest BCUT2D eigenvalue weighted by Crippen LogP contribution is -2.52. The van der Waals surface area contributed by atoms with E-state index in [-0.39, 0.29) is 41.9 Å². The van der Waals surface area contributed by atoms with Gasteiger partial charge in [0.2, 0.25) is 11.8 Å². The number of fused-ring (bicyclic) bond motifs is 1. The van der Waals surface area contributed by atoms with Gasteiger partial charge < -0.3 is 30.2 Å². The molecule has 3 aromatic rings. The lowest BCUT2D eigenvalue weighted by molar-refractivity contribution is -0.136. The fourth-order valence-corrected chi connectivity index (χ4v) is 8.95. The third-order valence-electron chi connectivity index (χ3n) is 12.1. The van der Waals surface area contributed by atoms with Gasteiger partial charge >= 0.3 is 6.03 Å². The number of nitrogens with one attached hydrogen (secondary N) is 1. The Morgan fingerprint density at radius 2 is 1.71 bits per heavy atom. The summed E-state index contributed by atoms with van der Waals surface area (Å²) in [6, 6.07) is 13.8. The van der Waals surface area contributed by atoms with E-state index in [2.05, 4.69) is 55.3 Å². The summed E-state index contributed by atoms with van der Waals surface area (Å²) >= 11 is 0. The van der Waals surface area contributed by atoms with Crippen molar-refractivity contribution in [3.05, 3.63) is 82.3 Å². The average Bonchev–Trinajstić information content (AvgIpc) is 3.72. The Labute approximate surface area is 326 Å². The number of carbonyl (C=O) groups excluding carboxylic acids is 5. The van der Waals surface area contributed by atoms with Crippen LogP contribution in [0.5, 0.6) is 0 Å². The molecule has 3 N–H and O–H groups in total. The zero-order valence-corrected chi connectivity index (χ0v) is 32.0. The number of benzene rings is 2. The molecule has 6 amide bonds. The van der Waals surface area contributed by atoms with Crippen LogP contribution in [0.2, 0.25) is 0 Å². The largest absolute Gasteiger partial charge is 0.369 e. The van der Waals surface area contributed by atoms with Crippen molar-refractivity contribution in [1.29, 1.82) is 0 Å². The number of nitrogens with two attached hydrogens (primary N) is 1. The number of aromatic nitrogens is 2. The smallest absolute Gasteiger partial charge is 0.320 e. The van der Waals surface area contributed by atoms with Crippen LogP contribution >= 0.6 is 0 Å². The van der Waals surface area contributed by atoms with Gasteiger partial charge in [0.05, 0.1) is 17.9 Å². The molecule has 2 atom stereocenters. The normalized spacial score (nSPS) is 21.9. The third-order valence-corrected chi connectivity index (χ3v) is 12.1. The van der Waals surface area contributed by atoms with Crippen molar-refractivity contribution in [3.8, 4) is 0 Å². The predicted molar refractivity (Wildman–Crippen MR) is 209 cm³/mol. The lowest BCUT2D eigenvalue weighted by atomic mass is 9.99. The number of primary amides is 1. The van der Waals surface area contributed by atoms with E-state index in [9.17, 15) is 24.0 Å². The molecule has 294 valence electrons. The van der Waals surface area contributed by atoms with E-state index in [1.165, 1.54) is 0 Å². The Balaban J connectivity index is 0.833. The van der Waals surface area contributed by atoms with E-state index < -0.39 is 11.9 Å². The molecular weight excluding hydrogens is 713 g/mol. The Kier molecular flexibility index (Phi) is 10.6. The molecule has 8 rings (SSSR count). The number of likely N-dealkylation sites (N-methyl/N-ethyl adjacent to an activating group) is 1. The van der Waals surface area contributed by atoms with Gasteiger partial charge in [0, 0.05) is 90.0 Å². The zero-order valence-electron chi connectivity index (χ0n) is 32.0. The van der Waals surface area contributed by atoms with Crippen LogP contribution in [0.15, 0.2) is 48.7 Å². The Morgan fingerprint density at radius 3 is 2.45 bits per heavy atom. The quantitative estimate of drug-likeness (QED) is 0.276. The number of urea groups is 1. The first-order chi connectivity index (χ1) is 27.1. The maximum absolute atomic E-state index is 13.2. The number of anilines is 2. The van der Waals surface area contributed by atoms with Gasteiger partial charge in [-0.3, -0.25) is 29.4 Å². The molecule has 2 aromatic carbocycles. The summed E-state index contributed by atoms with van der Waals surface area (Å²) in [6.07, 6.45) is 6.36. The number of amides is 6. The van der Waals surface area contributed by atoms with Gasteiger partial charge in [-0.25, -0.2) is 14.8 Å². The molecule has 0 aliphatic carbocycles. The molecular formula is C41H50N10O5. The van der Waals surface area contributed by atoms with Crippen LogP contribution < -0.4 is 20.9 Å². The fourth-order valence-electron chi connectivity index (χ4n) is 8.95. The predicted octanol–water partition coefficient (Wildman–Crippen LogP) is 2.02. The molecule has 6 heterocycles. The maximum Gasteiger partial charge on any atom is 0.320 e. The number of aryl methyl sites for hydroxylation is 1. The lowest BCUT2D eigenvalue weighted by Gasteiger charge is -2.37. The molecule has 15 nitrogen and oxygen atoms in total. The van der Waals surface area contributed by atoms with Crippen LogP contribution in [0.4, 0.5) is 16.3 Å². The molecule has 1 aromatic heterocycles. The standard InChI is InChI=1S/C41H50N10O5/c1-46-17-22-50(41(46)56)30-7-4-16-49(25-30)35-24-43-37(38(42)53)33(44-35)23-27-9-11-29(12-10-27)48-20-18-47(19-21-48)15-3-6-28-5-2-8-31-32(28)26-51(40(31)55)34-13-14-36(52)45-39(34)54/h2,5,8-12,24,30,34H,3-4,6-7,13-23,25-26H2,1H3,(H2,42,53)(H,45,52,54)/t30-,34?/m1/s1. The summed E-state index contributed by atoms with van der Waals surface area (Å²) in [5.74, 6) is -0.706. The molecule has 5 aliphatic rings. The van der Waals surface area contributed by atoms with E-state index in [4.69, 9.17) is 10.7 Å². The van der Waals surface area contributed by atoms with Gasteiger partial charge in [0.1, 0.15) is 17.6 Å². The number of carbonyl (C=O) groups is 5. The van der Waals surface area contributed by atoms with E-state index in [0.29, 0.717) is 43.0 Å². The number of hydrogen-bond acceptors (Lipinski definition) is 10. The molecule has 4 fully saturated rings. The van der Waals surface area contributed by atoms with Crippen LogP contribution in [-0.2, 0) is 29.0 Å². The molecule has 5 aliphatic heterocycles. The van der Waals surface area contributed by atoms with E-state index >= 15 is 0 Å². The van der Waals surface area contributed by atoms with Crippen molar-refractivity contribution in [3.63, 3.8) is 0 Å². The van der Waals surface area contributed by atoms with Gasteiger partial charge in [-0.2, -0.15) is 0 Å². The highest BCUT2D eigenvalue weighted by atomic mass is 16.2. The number of nitrogens with zero attached hydrogens (tertiary/aromatic N) is 8. The fraction of sp³-hybridized carbons (Fsp3) is 0.488. The number of hydrogen-bond donors (Lipinski definition) is 2. The van der Waals surface area contributed by atoms with E-state index in [0.717, 1.165) is 100 Å². The maximum atomic E-state index is 13.2. The zero-order chi connectivity index (χ0) is 38.9. The van der Waals surface area contributed by atoms with Crippen molar-refractivity contribution >= 4 is 41.2 Å². The van der Waals surface area contributed by atoms with E-state index in [1.807, 2.05) is 24.1 Å². The van der Waals surface area contributed by atoms with Crippen molar-refractivity contribution in [2.24, 2.45) is 5.73 Å². The second-order valence-corrected chi connectivity index (χ2v) is 15.6. The van der Waals surface area contributed by atoms with Gasteiger partial charge in [-0.1, -0.05) is 24.3 Å². The average molecular weight is 763 g/mol. The summed E-state index contributed by atoms with van der Waals surface area (Å²) in [7, 11) is 1.84. The molecule has 1 unspecified atom stereocenters. The highest BCUT2D eigenvalue weighted by Gasteiger charge is 2.40. The van der Waals surface area contributed by atoms with Crippen molar-refractivity contribution in [1.82, 2.24) is 34.9 Å². The molecule has 0 bridgehead atoms. The Morgan fingerprint density at radius 1 is 0.911 bits per heavy atom. The molecule has 0 saturated carbocycles. The summed E-state index contributed by atoms with van der Waals surface area (Å²) in [4.78, 5) is 84.2. The van der Waals surface area contributed by atoms with E-state index in [1.54, 1.807) is 16.0 Å². The Bertz CT molecular complexity index is 2020. The summed E-state index contributed by atoms with van der Waals surface area (Å²) in [6.45, 7) is 8.02. The van der Waals surface area contributed by atoms with Crippen molar-refractivity contribution in [2.75, 3.05) is 75.8 Å². The second-order valence-electron chi connectivity index (χ2n) is 15.6. The minimum atomic E-state index is -0.606. The van der Waals surface area contributed by atoms with Crippen LogP contribution in [0.1, 0.15) is 75.3 Å². The van der Waals surface area contributed by atoms with Crippen LogP contribution in [0.25, 0.3) is 0 Å².